The van der Waals surface area contributed by atoms with Gasteiger partial charge in [-0.15, -0.1) is 0 Å². The highest BCUT2D eigenvalue weighted by Gasteiger charge is 2.51. The second-order valence-corrected chi connectivity index (χ2v) is 12.0. The smallest absolute Gasteiger partial charge is 0.258 e. The number of rotatable bonds is 6. The van der Waals surface area contributed by atoms with Gasteiger partial charge in [-0.2, -0.15) is 4.31 Å². The van der Waals surface area contributed by atoms with Crippen LogP contribution in [0.1, 0.15) is 38.5 Å². The van der Waals surface area contributed by atoms with Gasteiger partial charge in [0.2, 0.25) is 10.0 Å². The van der Waals surface area contributed by atoms with Crippen molar-refractivity contribution in [2.45, 2.75) is 49.0 Å². The molecule has 0 atom stereocenters. The Kier molecular flexibility index (Phi) is 5.69. The Balaban J connectivity index is 1.20. The molecule has 1 aromatic carbocycles. The molecule has 0 spiro atoms. The Morgan fingerprint density at radius 1 is 1.13 bits per heavy atom. The van der Waals surface area contributed by atoms with Crippen molar-refractivity contribution < 1.29 is 22.7 Å². The Morgan fingerprint density at radius 2 is 1.74 bits per heavy atom. The van der Waals surface area contributed by atoms with Crippen molar-refractivity contribution >= 4 is 27.5 Å². The van der Waals surface area contributed by atoms with Gasteiger partial charge in [0.1, 0.15) is 5.75 Å². The van der Waals surface area contributed by atoms with Gasteiger partial charge in [0, 0.05) is 18.6 Å². The predicted molar refractivity (Wildman–Crippen MR) is 116 cm³/mol. The number of benzene rings is 1. The summed E-state index contributed by atoms with van der Waals surface area (Å²) in [6, 6.07) is 4.38. The third-order valence-corrected chi connectivity index (χ3v) is 9.50. The van der Waals surface area contributed by atoms with E-state index in [0.29, 0.717) is 32.1 Å². The van der Waals surface area contributed by atoms with Gasteiger partial charge in [-0.1, -0.05) is 11.6 Å². The van der Waals surface area contributed by atoms with Crippen LogP contribution in [0.25, 0.3) is 0 Å². The van der Waals surface area contributed by atoms with Crippen LogP contribution in [0.4, 0.5) is 0 Å². The molecule has 4 bridgehead atoms. The van der Waals surface area contributed by atoms with Gasteiger partial charge >= 0.3 is 0 Å². The number of sulfonamides is 1. The van der Waals surface area contributed by atoms with E-state index in [0.717, 1.165) is 37.0 Å². The Hall–Kier alpha value is -1.35. The lowest BCUT2D eigenvalue weighted by molar-refractivity contribution is -0.128. The number of amides is 1. The molecule has 7 nitrogen and oxygen atoms in total. The highest BCUT2D eigenvalue weighted by atomic mass is 35.5. The van der Waals surface area contributed by atoms with Gasteiger partial charge in [-0.25, -0.2) is 8.42 Å². The summed E-state index contributed by atoms with van der Waals surface area (Å²) in [5.74, 6) is 2.43. The molecule has 1 amide bonds. The van der Waals surface area contributed by atoms with Crippen LogP contribution in [-0.2, 0) is 19.6 Å². The largest absolute Gasteiger partial charge is 0.482 e. The third-order valence-electron chi connectivity index (χ3n) is 7.31. The molecule has 0 unspecified atom stereocenters. The van der Waals surface area contributed by atoms with Crippen LogP contribution < -0.4 is 10.1 Å². The van der Waals surface area contributed by atoms with Crippen LogP contribution in [-0.4, -0.2) is 57.1 Å². The number of hydrogen-bond acceptors (Lipinski definition) is 5. The lowest BCUT2D eigenvalue weighted by atomic mass is 9.53. The number of nitrogens with zero attached hydrogens (tertiary/aromatic N) is 1. The van der Waals surface area contributed by atoms with Crippen molar-refractivity contribution in [1.82, 2.24) is 9.62 Å². The maximum atomic E-state index is 12.8. The summed E-state index contributed by atoms with van der Waals surface area (Å²) in [4.78, 5) is 12.8. The molecule has 5 aliphatic rings. The Morgan fingerprint density at radius 3 is 2.32 bits per heavy atom. The molecule has 0 aromatic heterocycles. The van der Waals surface area contributed by atoms with E-state index < -0.39 is 10.0 Å². The third kappa shape index (κ3) is 4.32. The first-order valence-corrected chi connectivity index (χ1v) is 13.0. The summed E-state index contributed by atoms with van der Waals surface area (Å²) in [7, 11) is -3.63. The van der Waals surface area contributed by atoms with E-state index in [1.54, 1.807) is 0 Å². The van der Waals surface area contributed by atoms with Gasteiger partial charge in [0.15, 0.2) is 6.61 Å². The molecule has 170 valence electrons. The van der Waals surface area contributed by atoms with Crippen molar-refractivity contribution in [2.75, 3.05) is 32.9 Å². The lowest BCUT2D eigenvalue weighted by Gasteiger charge is -2.56. The number of halogens is 1. The zero-order chi connectivity index (χ0) is 21.6. The zero-order valence-electron chi connectivity index (χ0n) is 17.5. The number of nitrogens with one attached hydrogen (secondary N) is 1. The second kappa shape index (κ2) is 8.21. The average molecular weight is 469 g/mol. The first-order chi connectivity index (χ1) is 14.8. The predicted octanol–water partition coefficient (Wildman–Crippen LogP) is 2.82. The van der Waals surface area contributed by atoms with Crippen LogP contribution in [0.15, 0.2) is 23.1 Å². The molecular weight excluding hydrogens is 440 g/mol. The van der Waals surface area contributed by atoms with Crippen LogP contribution in [0.5, 0.6) is 5.75 Å². The van der Waals surface area contributed by atoms with E-state index >= 15 is 0 Å². The minimum absolute atomic E-state index is 0.0604. The van der Waals surface area contributed by atoms with Crippen molar-refractivity contribution in [3.8, 4) is 5.75 Å². The highest BCUT2D eigenvalue weighted by Crippen LogP contribution is 2.55. The maximum Gasteiger partial charge on any atom is 0.258 e. The van der Waals surface area contributed by atoms with E-state index in [4.69, 9.17) is 21.1 Å². The number of morpholine rings is 1. The quantitative estimate of drug-likeness (QED) is 0.694. The molecule has 4 aliphatic carbocycles. The number of hydrogen-bond donors (Lipinski definition) is 1. The van der Waals surface area contributed by atoms with Gasteiger partial charge in [-0.05, 0) is 74.5 Å². The Labute approximate surface area is 188 Å². The first-order valence-electron chi connectivity index (χ1n) is 11.1. The van der Waals surface area contributed by atoms with E-state index in [9.17, 15) is 13.2 Å². The van der Waals surface area contributed by atoms with E-state index in [1.807, 2.05) is 0 Å². The summed E-state index contributed by atoms with van der Waals surface area (Å²) in [5.41, 5.74) is -0.0604. The number of carbonyl (C=O) groups excluding carboxylic acids is 1. The fraction of sp³-hybridized carbons (Fsp3) is 0.682. The van der Waals surface area contributed by atoms with E-state index in [1.165, 1.54) is 41.8 Å². The minimum Gasteiger partial charge on any atom is -0.482 e. The molecule has 6 rings (SSSR count). The van der Waals surface area contributed by atoms with Crippen LogP contribution >= 0.6 is 11.6 Å². The fourth-order valence-corrected chi connectivity index (χ4v) is 8.17. The lowest BCUT2D eigenvalue weighted by Crippen LogP contribution is -2.60. The summed E-state index contributed by atoms with van der Waals surface area (Å²) in [5, 5.41) is 3.45. The van der Waals surface area contributed by atoms with Crippen LogP contribution in [0.2, 0.25) is 5.02 Å². The molecule has 0 radical (unpaired) electrons. The normalized spacial score (nSPS) is 32.7. The van der Waals surface area contributed by atoms with E-state index in [-0.39, 0.29) is 28.0 Å². The SMILES string of the molecule is O=C(COc1ccc(S(=O)(=O)N2CCOCC2)cc1Cl)NC12CC3CC(CC(C3)C1)C2. The molecule has 1 aromatic rings. The number of carbonyl (C=O) groups is 1. The van der Waals surface area contributed by atoms with Gasteiger partial charge in [0.25, 0.3) is 5.91 Å². The molecule has 1 N–H and O–H groups in total. The Bertz CT molecular complexity index is 925. The topological polar surface area (TPSA) is 84.9 Å². The summed E-state index contributed by atoms with van der Waals surface area (Å²) >= 11 is 6.29. The van der Waals surface area contributed by atoms with Crippen molar-refractivity contribution in [3.63, 3.8) is 0 Å². The van der Waals surface area contributed by atoms with Crippen molar-refractivity contribution in [3.05, 3.63) is 23.2 Å². The van der Waals surface area contributed by atoms with Crippen molar-refractivity contribution in [1.29, 1.82) is 0 Å². The van der Waals surface area contributed by atoms with Crippen LogP contribution in [0.3, 0.4) is 0 Å². The zero-order valence-corrected chi connectivity index (χ0v) is 19.1. The van der Waals surface area contributed by atoms with E-state index in [2.05, 4.69) is 5.32 Å². The summed E-state index contributed by atoms with van der Waals surface area (Å²) in [6.07, 6.45) is 7.21. The highest BCUT2D eigenvalue weighted by molar-refractivity contribution is 7.89. The molecule has 1 saturated heterocycles. The maximum absolute atomic E-state index is 12.8. The second-order valence-electron chi connectivity index (χ2n) is 9.64. The molecule has 9 heteroatoms. The first kappa shape index (κ1) is 21.5. The average Bonchev–Trinajstić information content (AvgIpc) is 2.72. The summed E-state index contributed by atoms with van der Waals surface area (Å²) in [6.45, 7) is 1.28. The van der Waals surface area contributed by atoms with Gasteiger partial charge in [0.05, 0.1) is 23.1 Å². The van der Waals surface area contributed by atoms with Crippen LogP contribution in [0, 0.1) is 17.8 Å². The fourth-order valence-electron chi connectivity index (χ4n) is 6.43. The van der Waals surface area contributed by atoms with Gasteiger partial charge < -0.3 is 14.8 Å². The monoisotopic (exact) mass is 468 g/mol. The molecule has 1 heterocycles. The molecule has 1 aliphatic heterocycles. The minimum atomic E-state index is -3.63. The van der Waals surface area contributed by atoms with Crippen molar-refractivity contribution in [2.24, 2.45) is 17.8 Å². The molecular formula is C22H29ClN2O5S. The standard InChI is InChI=1S/C22H29ClN2O5S/c23-19-10-18(31(27,28)25-3-5-29-6-4-25)1-2-20(19)30-14-21(26)24-22-11-15-7-16(12-22)9-17(8-15)13-22/h1-2,10,15-17H,3-9,11-14H2,(H,24,26). The van der Waals surface area contributed by atoms with Gasteiger partial charge in [-0.3, -0.25) is 4.79 Å². The number of ether oxygens (including phenoxy) is 2. The molecule has 31 heavy (non-hydrogen) atoms. The summed E-state index contributed by atoms with van der Waals surface area (Å²) < 4.78 is 37.8. The molecule has 5 fully saturated rings. The molecule has 4 saturated carbocycles.